The number of aliphatic hydroxyl groups excluding tert-OH is 1. The number of halogens is 2. The number of rotatable bonds is 4. The minimum absolute atomic E-state index is 0.0218. The van der Waals surface area contributed by atoms with Crippen LogP contribution < -0.4 is 0 Å². The maximum Gasteiger partial charge on any atom is 0.226 e. The standard InChI is InChI=1S/C19H25Cl2NO3/c20-15-7-6-14(12-16(15)21)18-17(8-10-23)25-11-9-22(18)19(24)13-4-2-1-3-5-13/h6-7,12-13,17-18,23H,1-5,8-11H2/t17-,18?/m1/s1. The molecular weight excluding hydrogens is 361 g/mol. The van der Waals surface area contributed by atoms with E-state index in [2.05, 4.69) is 0 Å². The predicted octanol–water partition coefficient (Wildman–Crippen LogP) is 4.22. The van der Waals surface area contributed by atoms with Gasteiger partial charge < -0.3 is 14.7 Å². The first kappa shape index (κ1) is 19.0. The highest BCUT2D eigenvalue weighted by atomic mass is 35.5. The van der Waals surface area contributed by atoms with Crippen molar-refractivity contribution in [3.63, 3.8) is 0 Å². The second-order valence-electron chi connectivity index (χ2n) is 6.91. The number of amides is 1. The topological polar surface area (TPSA) is 49.8 Å². The molecule has 138 valence electrons. The van der Waals surface area contributed by atoms with Gasteiger partial charge in [0.15, 0.2) is 0 Å². The van der Waals surface area contributed by atoms with E-state index in [1.807, 2.05) is 17.0 Å². The van der Waals surface area contributed by atoms with E-state index in [-0.39, 0.29) is 30.6 Å². The largest absolute Gasteiger partial charge is 0.396 e. The number of morpholine rings is 1. The van der Waals surface area contributed by atoms with Crippen molar-refractivity contribution in [2.45, 2.75) is 50.7 Å². The number of benzene rings is 1. The molecule has 0 spiro atoms. The molecule has 1 aromatic rings. The van der Waals surface area contributed by atoms with Gasteiger partial charge in [0.05, 0.1) is 28.8 Å². The Morgan fingerprint density at radius 3 is 2.64 bits per heavy atom. The van der Waals surface area contributed by atoms with Crippen molar-refractivity contribution in [3.05, 3.63) is 33.8 Å². The van der Waals surface area contributed by atoms with Crippen molar-refractivity contribution in [1.82, 2.24) is 4.90 Å². The number of nitrogens with zero attached hydrogens (tertiary/aromatic N) is 1. The smallest absolute Gasteiger partial charge is 0.226 e. The molecule has 1 amide bonds. The van der Waals surface area contributed by atoms with Gasteiger partial charge >= 0.3 is 0 Å². The van der Waals surface area contributed by atoms with E-state index >= 15 is 0 Å². The molecule has 1 aromatic carbocycles. The third-order valence-electron chi connectivity index (χ3n) is 5.29. The van der Waals surface area contributed by atoms with Crippen LogP contribution in [0.4, 0.5) is 0 Å². The predicted molar refractivity (Wildman–Crippen MR) is 98.9 cm³/mol. The van der Waals surface area contributed by atoms with Gasteiger partial charge in [-0.25, -0.2) is 0 Å². The molecule has 0 aromatic heterocycles. The second-order valence-corrected chi connectivity index (χ2v) is 7.72. The van der Waals surface area contributed by atoms with Crippen molar-refractivity contribution in [1.29, 1.82) is 0 Å². The summed E-state index contributed by atoms with van der Waals surface area (Å²) in [4.78, 5) is 15.1. The summed E-state index contributed by atoms with van der Waals surface area (Å²) in [5.74, 6) is 0.314. The van der Waals surface area contributed by atoms with E-state index in [1.54, 1.807) is 6.07 Å². The van der Waals surface area contributed by atoms with Gasteiger partial charge in [0.1, 0.15) is 0 Å². The van der Waals surface area contributed by atoms with Crippen molar-refractivity contribution in [3.8, 4) is 0 Å². The molecule has 2 atom stereocenters. The van der Waals surface area contributed by atoms with Crippen LogP contribution in [0.1, 0.15) is 50.1 Å². The number of hydrogen-bond acceptors (Lipinski definition) is 3. The zero-order chi connectivity index (χ0) is 17.8. The summed E-state index contributed by atoms with van der Waals surface area (Å²) in [5.41, 5.74) is 0.914. The van der Waals surface area contributed by atoms with Gasteiger partial charge in [-0.05, 0) is 37.0 Å². The van der Waals surface area contributed by atoms with Gasteiger partial charge in [0.2, 0.25) is 5.91 Å². The Hall–Kier alpha value is -0.810. The molecule has 1 saturated carbocycles. The molecular formula is C19H25Cl2NO3. The summed E-state index contributed by atoms with van der Waals surface area (Å²) in [5, 5.41) is 10.4. The first-order chi connectivity index (χ1) is 12.1. The monoisotopic (exact) mass is 385 g/mol. The highest BCUT2D eigenvalue weighted by Crippen LogP contribution is 2.37. The lowest BCUT2D eigenvalue weighted by Crippen LogP contribution is -2.50. The van der Waals surface area contributed by atoms with E-state index in [1.165, 1.54) is 6.42 Å². The number of aliphatic hydroxyl groups is 1. The average Bonchev–Trinajstić information content (AvgIpc) is 2.64. The molecule has 1 N–H and O–H groups in total. The van der Waals surface area contributed by atoms with Crippen LogP contribution in [0.5, 0.6) is 0 Å². The number of carbonyl (C=O) groups is 1. The summed E-state index contributed by atoms with van der Waals surface area (Å²) >= 11 is 12.3. The van der Waals surface area contributed by atoms with Crippen molar-refractivity contribution in [2.24, 2.45) is 5.92 Å². The van der Waals surface area contributed by atoms with Crippen LogP contribution in [0.25, 0.3) is 0 Å². The Kier molecular flexibility index (Phi) is 6.61. The molecule has 0 radical (unpaired) electrons. The van der Waals surface area contributed by atoms with E-state index in [4.69, 9.17) is 27.9 Å². The van der Waals surface area contributed by atoms with Crippen LogP contribution in [0, 0.1) is 5.92 Å². The lowest BCUT2D eigenvalue weighted by Gasteiger charge is -2.43. The first-order valence-corrected chi connectivity index (χ1v) is 9.85. The minimum Gasteiger partial charge on any atom is -0.396 e. The Morgan fingerprint density at radius 1 is 1.20 bits per heavy atom. The normalized spacial score (nSPS) is 25.2. The Labute approximate surface area is 159 Å². The highest BCUT2D eigenvalue weighted by Gasteiger charge is 2.38. The fourth-order valence-corrected chi connectivity index (χ4v) is 4.33. The number of ether oxygens (including phenoxy) is 1. The Balaban J connectivity index is 1.90. The molecule has 6 heteroatoms. The van der Waals surface area contributed by atoms with Gasteiger partial charge in [-0.15, -0.1) is 0 Å². The van der Waals surface area contributed by atoms with Gasteiger partial charge in [0, 0.05) is 19.1 Å². The quantitative estimate of drug-likeness (QED) is 0.843. The summed E-state index contributed by atoms with van der Waals surface area (Å²) in [7, 11) is 0. The molecule has 2 fully saturated rings. The number of hydrogen-bond donors (Lipinski definition) is 1. The maximum absolute atomic E-state index is 13.2. The highest BCUT2D eigenvalue weighted by molar-refractivity contribution is 6.42. The van der Waals surface area contributed by atoms with Gasteiger partial charge in [-0.2, -0.15) is 0 Å². The maximum atomic E-state index is 13.2. The molecule has 25 heavy (non-hydrogen) atoms. The molecule has 0 bridgehead atoms. The lowest BCUT2D eigenvalue weighted by molar-refractivity contribution is -0.153. The van der Waals surface area contributed by atoms with Crippen LogP contribution in [0.15, 0.2) is 18.2 Å². The molecule has 1 aliphatic heterocycles. The Bertz CT molecular complexity index is 602. The van der Waals surface area contributed by atoms with Crippen molar-refractivity contribution in [2.75, 3.05) is 19.8 Å². The van der Waals surface area contributed by atoms with Crippen LogP contribution in [-0.2, 0) is 9.53 Å². The first-order valence-electron chi connectivity index (χ1n) is 9.09. The second kappa shape index (κ2) is 8.72. The minimum atomic E-state index is -0.233. The summed E-state index contributed by atoms with van der Waals surface area (Å²) in [6.07, 6.45) is 5.65. The van der Waals surface area contributed by atoms with Crippen LogP contribution in [0.3, 0.4) is 0 Å². The van der Waals surface area contributed by atoms with Crippen LogP contribution in [0.2, 0.25) is 10.0 Å². The fraction of sp³-hybridized carbons (Fsp3) is 0.632. The third-order valence-corrected chi connectivity index (χ3v) is 6.03. The zero-order valence-corrected chi connectivity index (χ0v) is 15.8. The summed E-state index contributed by atoms with van der Waals surface area (Å²) in [6, 6.07) is 5.24. The van der Waals surface area contributed by atoms with E-state index in [0.717, 1.165) is 31.2 Å². The van der Waals surface area contributed by atoms with Crippen molar-refractivity contribution >= 4 is 29.1 Å². The van der Waals surface area contributed by atoms with E-state index in [0.29, 0.717) is 29.6 Å². The van der Waals surface area contributed by atoms with Gasteiger partial charge in [0.25, 0.3) is 0 Å². The number of carbonyl (C=O) groups excluding carboxylic acids is 1. The molecule has 1 saturated heterocycles. The molecule has 4 nitrogen and oxygen atoms in total. The van der Waals surface area contributed by atoms with E-state index in [9.17, 15) is 9.90 Å². The summed E-state index contributed by atoms with van der Waals surface area (Å²) < 4.78 is 5.89. The average molecular weight is 386 g/mol. The van der Waals surface area contributed by atoms with Gasteiger partial charge in [-0.3, -0.25) is 4.79 Å². The lowest BCUT2D eigenvalue weighted by atomic mass is 9.86. The SMILES string of the molecule is O=C(C1CCCCC1)N1CCO[C@H](CCO)C1c1ccc(Cl)c(Cl)c1. The Morgan fingerprint density at radius 2 is 1.96 bits per heavy atom. The van der Waals surface area contributed by atoms with Crippen molar-refractivity contribution < 1.29 is 14.6 Å². The van der Waals surface area contributed by atoms with Gasteiger partial charge in [-0.1, -0.05) is 48.5 Å². The van der Waals surface area contributed by atoms with Crippen LogP contribution in [-0.4, -0.2) is 41.8 Å². The molecule has 1 unspecified atom stereocenters. The van der Waals surface area contributed by atoms with E-state index < -0.39 is 0 Å². The summed E-state index contributed by atoms with van der Waals surface area (Å²) in [6.45, 7) is 1.09. The van der Waals surface area contributed by atoms with Crippen LogP contribution >= 0.6 is 23.2 Å². The zero-order valence-electron chi connectivity index (χ0n) is 14.3. The molecule has 3 rings (SSSR count). The molecule has 1 heterocycles. The fourth-order valence-electron chi connectivity index (χ4n) is 4.02. The molecule has 1 aliphatic carbocycles. The molecule has 2 aliphatic rings. The third kappa shape index (κ3) is 4.30.